The minimum absolute atomic E-state index is 0.279. The second-order valence-corrected chi connectivity index (χ2v) is 6.32. The number of aliphatic hydroxyl groups is 1. The first-order valence-electron chi connectivity index (χ1n) is 8.99. The van der Waals surface area contributed by atoms with Crippen LogP contribution >= 0.6 is 0 Å². The van der Waals surface area contributed by atoms with E-state index in [2.05, 4.69) is 21.7 Å². The van der Waals surface area contributed by atoms with Gasteiger partial charge in [-0.05, 0) is 37.5 Å². The Hall–Kier alpha value is -2.53. The molecule has 0 bridgehead atoms. The third kappa shape index (κ3) is 5.77. The number of nitrogens with one attached hydrogen (secondary N) is 2. The molecule has 0 radical (unpaired) electrons. The minimum Gasteiger partial charge on any atom is -0.496 e. The number of hydrogen-bond acceptors (Lipinski definition) is 3. The maximum absolute atomic E-state index is 10.7. The van der Waals surface area contributed by atoms with E-state index in [1.165, 1.54) is 0 Å². The Morgan fingerprint density at radius 1 is 1.08 bits per heavy atom. The van der Waals surface area contributed by atoms with Crippen molar-refractivity contribution >= 4 is 5.96 Å². The van der Waals surface area contributed by atoms with Gasteiger partial charge in [-0.1, -0.05) is 48.5 Å². The fourth-order valence-electron chi connectivity index (χ4n) is 2.69. The Morgan fingerprint density at radius 2 is 1.77 bits per heavy atom. The Morgan fingerprint density at radius 3 is 2.46 bits per heavy atom. The molecule has 0 amide bonds. The fraction of sp³-hybridized carbons (Fsp3) is 0.381. The predicted octanol–water partition coefficient (Wildman–Crippen LogP) is 2.70. The second-order valence-electron chi connectivity index (χ2n) is 6.32. The summed E-state index contributed by atoms with van der Waals surface area (Å²) in [6, 6.07) is 17.6. The lowest BCUT2D eigenvalue weighted by Gasteiger charge is -2.22. The molecule has 0 heterocycles. The summed E-state index contributed by atoms with van der Waals surface area (Å²) in [6.07, 6.45) is 0.823. The maximum atomic E-state index is 10.7. The van der Waals surface area contributed by atoms with E-state index in [9.17, 15) is 5.11 Å². The summed E-state index contributed by atoms with van der Waals surface area (Å²) in [5.74, 6) is 1.59. The highest BCUT2D eigenvalue weighted by Crippen LogP contribution is 2.20. The molecule has 0 saturated heterocycles. The molecule has 0 aromatic heterocycles. The molecular weight excluding hydrogens is 326 g/mol. The number of benzene rings is 2. The zero-order chi connectivity index (χ0) is 18.8. The van der Waals surface area contributed by atoms with E-state index in [-0.39, 0.29) is 6.54 Å². The van der Waals surface area contributed by atoms with Crippen molar-refractivity contribution in [2.45, 2.75) is 25.9 Å². The van der Waals surface area contributed by atoms with E-state index in [0.717, 1.165) is 36.4 Å². The highest BCUT2D eigenvalue weighted by atomic mass is 16.5. The van der Waals surface area contributed by atoms with Gasteiger partial charge in [-0.2, -0.15) is 0 Å². The van der Waals surface area contributed by atoms with Gasteiger partial charge in [0.1, 0.15) is 11.4 Å². The summed E-state index contributed by atoms with van der Waals surface area (Å²) in [7, 11) is 1.68. The van der Waals surface area contributed by atoms with Gasteiger partial charge in [0.25, 0.3) is 0 Å². The minimum atomic E-state index is -1.01. The number of nitrogens with zero attached hydrogens (tertiary/aromatic N) is 1. The van der Waals surface area contributed by atoms with Gasteiger partial charge in [0.05, 0.1) is 13.7 Å². The second kappa shape index (κ2) is 9.82. The molecule has 5 nitrogen and oxygen atoms in total. The molecule has 1 unspecified atom stereocenters. The van der Waals surface area contributed by atoms with Crippen molar-refractivity contribution in [3.8, 4) is 5.75 Å². The van der Waals surface area contributed by atoms with Gasteiger partial charge in [-0.15, -0.1) is 0 Å². The molecule has 3 N–H and O–H groups in total. The number of aliphatic imine (C=N–C) groups is 1. The summed E-state index contributed by atoms with van der Waals surface area (Å²) < 4.78 is 5.38. The number of para-hydroxylation sites is 1. The molecule has 2 rings (SSSR count). The van der Waals surface area contributed by atoms with E-state index in [1.54, 1.807) is 14.0 Å². The molecule has 0 fully saturated rings. The summed E-state index contributed by atoms with van der Waals surface area (Å²) >= 11 is 0. The molecular formula is C21H29N3O2. The lowest BCUT2D eigenvalue weighted by atomic mass is 9.96. The summed E-state index contributed by atoms with van der Waals surface area (Å²) in [6.45, 7) is 5.56. The lowest BCUT2D eigenvalue weighted by Crippen LogP contribution is -2.39. The van der Waals surface area contributed by atoms with Crippen LogP contribution in [0, 0.1) is 0 Å². The largest absolute Gasteiger partial charge is 0.496 e. The molecule has 140 valence electrons. The average molecular weight is 355 g/mol. The molecule has 0 aliphatic heterocycles. The zero-order valence-corrected chi connectivity index (χ0v) is 15.8. The number of hydrogen-bond donors (Lipinski definition) is 3. The molecule has 0 aliphatic rings. The monoisotopic (exact) mass is 355 g/mol. The van der Waals surface area contributed by atoms with Crippen LogP contribution in [0.3, 0.4) is 0 Å². The molecule has 0 aliphatic carbocycles. The maximum Gasteiger partial charge on any atom is 0.191 e. The number of methoxy groups -OCH3 is 1. The van der Waals surface area contributed by atoms with Crippen LogP contribution in [0.2, 0.25) is 0 Å². The van der Waals surface area contributed by atoms with Gasteiger partial charge in [0.15, 0.2) is 5.96 Å². The molecule has 0 spiro atoms. The van der Waals surface area contributed by atoms with Crippen LogP contribution in [0.5, 0.6) is 5.75 Å². The highest BCUT2D eigenvalue weighted by Gasteiger charge is 2.22. The van der Waals surface area contributed by atoms with Gasteiger partial charge >= 0.3 is 0 Å². The van der Waals surface area contributed by atoms with Crippen molar-refractivity contribution in [2.24, 2.45) is 4.99 Å². The Balaban J connectivity index is 1.96. The van der Waals surface area contributed by atoms with E-state index in [4.69, 9.17) is 4.74 Å². The van der Waals surface area contributed by atoms with Crippen molar-refractivity contribution in [2.75, 3.05) is 26.7 Å². The van der Waals surface area contributed by atoms with Gasteiger partial charge in [-0.25, -0.2) is 4.99 Å². The Kier molecular flexibility index (Phi) is 7.48. The van der Waals surface area contributed by atoms with Crippen LogP contribution < -0.4 is 15.4 Å². The Bertz CT molecular complexity index is 699. The van der Waals surface area contributed by atoms with Crippen molar-refractivity contribution in [1.82, 2.24) is 10.6 Å². The zero-order valence-electron chi connectivity index (χ0n) is 15.8. The van der Waals surface area contributed by atoms with Crippen LogP contribution in [0.1, 0.15) is 25.0 Å². The first-order valence-corrected chi connectivity index (χ1v) is 8.99. The molecule has 2 aromatic carbocycles. The quantitative estimate of drug-likeness (QED) is 0.503. The van der Waals surface area contributed by atoms with Crippen molar-refractivity contribution in [1.29, 1.82) is 0 Å². The molecule has 1 atom stereocenters. The van der Waals surface area contributed by atoms with Gasteiger partial charge < -0.3 is 20.5 Å². The Labute approximate surface area is 156 Å². The van der Waals surface area contributed by atoms with Crippen LogP contribution in [-0.4, -0.2) is 37.8 Å². The van der Waals surface area contributed by atoms with E-state index in [0.29, 0.717) is 5.96 Å². The molecule has 0 saturated carbocycles. The molecule has 2 aromatic rings. The number of guanidine groups is 1. The topological polar surface area (TPSA) is 65.9 Å². The summed E-state index contributed by atoms with van der Waals surface area (Å²) in [4.78, 5) is 4.55. The van der Waals surface area contributed by atoms with E-state index in [1.807, 2.05) is 55.5 Å². The van der Waals surface area contributed by atoms with Gasteiger partial charge in [-0.3, -0.25) is 0 Å². The highest BCUT2D eigenvalue weighted by molar-refractivity contribution is 5.79. The number of rotatable bonds is 8. The van der Waals surface area contributed by atoms with Crippen LogP contribution in [0.4, 0.5) is 0 Å². The average Bonchev–Trinajstić information content (AvgIpc) is 2.67. The SMILES string of the molecule is CCNC(=NCC(C)(O)c1ccccc1)NCCc1ccccc1OC. The third-order valence-electron chi connectivity index (χ3n) is 4.16. The third-order valence-corrected chi connectivity index (χ3v) is 4.16. The van der Waals surface area contributed by atoms with Crippen LogP contribution in [0.25, 0.3) is 0 Å². The van der Waals surface area contributed by atoms with Crippen molar-refractivity contribution in [3.05, 3.63) is 65.7 Å². The van der Waals surface area contributed by atoms with E-state index >= 15 is 0 Å². The predicted molar refractivity (Wildman–Crippen MR) is 107 cm³/mol. The van der Waals surface area contributed by atoms with Crippen LogP contribution in [-0.2, 0) is 12.0 Å². The lowest BCUT2D eigenvalue weighted by molar-refractivity contribution is 0.0672. The smallest absolute Gasteiger partial charge is 0.191 e. The van der Waals surface area contributed by atoms with E-state index < -0.39 is 5.60 Å². The van der Waals surface area contributed by atoms with Crippen molar-refractivity contribution < 1.29 is 9.84 Å². The normalized spacial score (nSPS) is 13.8. The summed E-state index contributed by atoms with van der Waals surface area (Å²) in [5.41, 5.74) is 0.995. The molecule has 26 heavy (non-hydrogen) atoms. The van der Waals surface area contributed by atoms with Gasteiger partial charge in [0.2, 0.25) is 0 Å². The fourth-order valence-corrected chi connectivity index (χ4v) is 2.69. The molecule has 5 heteroatoms. The first-order chi connectivity index (χ1) is 12.6. The first kappa shape index (κ1) is 19.8. The standard InChI is InChI=1S/C21H29N3O2/c1-4-22-20(23-15-14-17-10-8-9-13-19(17)26-3)24-16-21(2,25)18-11-6-5-7-12-18/h5-13,25H,4,14-16H2,1-3H3,(H2,22,23,24). The van der Waals surface area contributed by atoms with Gasteiger partial charge in [0, 0.05) is 13.1 Å². The van der Waals surface area contributed by atoms with Crippen LogP contribution in [0.15, 0.2) is 59.6 Å². The van der Waals surface area contributed by atoms with Crippen molar-refractivity contribution in [3.63, 3.8) is 0 Å². The summed E-state index contributed by atoms with van der Waals surface area (Å²) in [5, 5.41) is 17.2. The number of ether oxygens (including phenoxy) is 1.